The van der Waals surface area contributed by atoms with Gasteiger partial charge in [-0.25, -0.2) is 0 Å². The Kier molecular flexibility index (Phi) is 5.37. The Hall–Kier alpha value is -3.52. The Bertz CT molecular complexity index is 1510. The van der Waals surface area contributed by atoms with Gasteiger partial charge in [-0.1, -0.05) is 75.2 Å². The van der Waals surface area contributed by atoms with E-state index in [1.165, 1.54) is 80.4 Å². The molecule has 0 saturated heterocycles. The molecule has 0 unspecified atom stereocenters. The van der Waals surface area contributed by atoms with Crippen LogP contribution >= 0.6 is 0 Å². The number of para-hydroxylation sites is 2. The van der Waals surface area contributed by atoms with Crippen molar-refractivity contribution in [2.24, 2.45) is 0 Å². The first-order chi connectivity index (χ1) is 16.8. The summed E-state index contributed by atoms with van der Waals surface area (Å²) < 4.78 is 5.00. The van der Waals surface area contributed by atoms with Crippen molar-refractivity contribution in [2.75, 3.05) is 0 Å². The zero-order valence-corrected chi connectivity index (χ0v) is 20.2. The molecule has 170 valence electrons. The number of aryl methyl sites for hydroxylation is 2. The highest BCUT2D eigenvalue weighted by molar-refractivity contribution is 6.11. The Morgan fingerprint density at radius 3 is 1.32 bits per heavy atom. The molecular weight excluding hydrogens is 412 g/mol. The van der Waals surface area contributed by atoms with Crippen LogP contribution in [0.5, 0.6) is 0 Å². The van der Waals surface area contributed by atoms with Gasteiger partial charge in [-0.3, -0.25) is 0 Å². The second kappa shape index (κ2) is 8.68. The molecule has 6 rings (SSSR count). The van der Waals surface area contributed by atoms with E-state index in [-0.39, 0.29) is 0 Å². The maximum atomic E-state index is 2.50. The molecule has 34 heavy (non-hydrogen) atoms. The summed E-state index contributed by atoms with van der Waals surface area (Å²) in [5.41, 5.74) is 7.96. The fourth-order valence-electron chi connectivity index (χ4n) is 5.58. The van der Waals surface area contributed by atoms with Crippen molar-refractivity contribution in [1.82, 2.24) is 9.13 Å². The van der Waals surface area contributed by atoms with Gasteiger partial charge in [0.2, 0.25) is 0 Å². The minimum absolute atomic E-state index is 1.07. The maximum Gasteiger partial charge on any atom is 0.0491 e. The molecule has 2 heteroatoms. The van der Waals surface area contributed by atoms with Crippen LogP contribution in [0.3, 0.4) is 0 Å². The molecule has 0 bridgehead atoms. The third-order valence-electron chi connectivity index (χ3n) is 7.35. The first-order valence-corrected chi connectivity index (χ1v) is 12.8. The minimum Gasteiger partial charge on any atom is -0.340 e. The number of hydrogen-bond acceptors (Lipinski definition) is 0. The summed E-state index contributed by atoms with van der Waals surface area (Å²) in [5.74, 6) is 0. The molecule has 0 aliphatic heterocycles. The van der Waals surface area contributed by atoms with Crippen molar-refractivity contribution >= 4 is 43.6 Å². The number of aromatic nitrogens is 2. The fraction of sp³-hybridized carbons (Fsp3) is 0.250. The van der Waals surface area contributed by atoms with Crippen molar-refractivity contribution in [3.63, 3.8) is 0 Å². The van der Waals surface area contributed by atoms with E-state index in [0.717, 1.165) is 13.1 Å². The molecule has 2 heterocycles. The van der Waals surface area contributed by atoms with E-state index < -0.39 is 0 Å². The number of hydrogen-bond donors (Lipinski definition) is 0. The predicted octanol–water partition coefficient (Wildman–Crippen LogP) is 9.17. The van der Waals surface area contributed by atoms with Gasteiger partial charge in [0.25, 0.3) is 0 Å². The third-order valence-corrected chi connectivity index (χ3v) is 7.35. The first kappa shape index (κ1) is 21.0. The third kappa shape index (κ3) is 3.32. The molecule has 2 nitrogen and oxygen atoms in total. The summed E-state index contributed by atoms with van der Waals surface area (Å²) in [4.78, 5) is 0. The highest BCUT2D eigenvalue weighted by atomic mass is 15.0. The van der Waals surface area contributed by atoms with Crippen molar-refractivity contribution < 1.29 is 0 Å². The monoisotopic (exact) mass is 444 g/mol. The second-order valence-electron chi connectivity index (χ2n) is 9.51. The van der Waals surface area contributed by atoms with Crippen LogP contribution in [-0.4, -0.2) is 9.13 Å². The van der Waals surface area contributed by atoms with Crippen molar-refractivity contribution in [2.45, 2.75) is 52.6 Å². The molecule has 0 atom stereocenters. The number of nitrogens with zero attached hydrogens (tertiary/aromatic N) is 2. The molecule has 0 N–H and O–H groups in total. The lowest BCUT2D eigenvalue weighted by atomic mass is 10.0. The quantitative estimate of drug-likeness (QED) is 0.232. The highest BCUT2D eigenvalue weighted by Crippen LogP contribution is 2.36. The molecular formula is C32H32N2. The molecule has 0 spiro atoms. The Morgan fingerprint density at radius 2 is 0.882 bits per heavy atom. The summed E-state index contributed by atoms with van der Waals surface area (Å²) >= 11 is 0. The van der Waals surface area contributed by atoms with Gasteiger partial charge in [0, 0.05) is 56.7 Å². The summed E-state index contributed by atoms with van der Waals surface area (Å²) in [6, 6.07) is 31.8. The lowest BCUT2D eigenvalue weighted by Crippen LogP contribution is -1.97. The van der Waals surface area contributed by atoms with Gasteiger partial charge in [0.15, 0.2) is 0 Å². The molecule has 0 aliphatic rings. The first-order valence-electron chi connectivity index (χ1n) is 12.8. The summed E-state index contributed by atoms with van der Waals surface area (Å²) in [5, 5.41) is 5.42. The molecule has 0 fully saturated rings. The van der Waals surface area contributed by atoms with Gasteiger partial charge in [0.05, 0.1) is 0 Å². The van der Waals surface area contributed by atoms with Gasteiger partial charge in [-0.15, -0.1) is 0 Å². The van der Waals surface area contributed by atoms with Crippen LogP contribution in [0, 0.1) is 0 Å². The smallest absolute Gasteiger partial charge is 0.0491 e. The van der Waals surface area contributed by atoms with Crippen molar-refractivity contribution in [3.8, 4) is 11.1 Å². The standard InChI is InChI=1S/C32H32N2/c1-3-5-19-33-29-13-9-7-11-25(29)27-21-23(15-17-31(27)33)24-16-18-32-28(22-24)26-12-8-10-14-30(26)34(32)20-6-4-2/h7-18,21-22H,3-6,19-20H2,1-2H3. The van der Waals surface area contributed by atoms with Crippen LogP contribution in [0.4, 0.5) is 0 Å². The number of unbranched alkanes of at least 4 members (excludes halogenated alkanes) is 2. The van der Waals surface area contributed by atoms with E-state index in [9.17, 15) is 0 Å². The number of benzene rings is 4. The van der Waals surface area contributed by atoms with E-state index in [1.54, 1.807) is 0 Å². The molecule has 4 aromatic carbocycles. The Balaban J connectivity index is 1.53. The van der Waals surface area contributed by atoms with Gasteiger partial charge >= 0.3 is 0 Å². The lowest BCUT2D eigenvalue weighted by molar-refractivity contribution is 0.665. The topological polar surface area (TPSA) is 9.86 Å². The average Bonchev–Trinajstić information content (AvgIpc) is 3.38. The largest absolute Gasteiger partial charge is 0.340 e. The van der Waals surface area contributed by atoms with Crippen LogP contribution in [-0.2, 0) is 13.1 Å². The zero-order chi connectivity index (χ0) is 23.1. The van der Waals surface area contributed by atoms with E-state index in [0.29, 0.717) is 0 Å². The minimum atomic E-state index is 1.07. The summed E-state index contributed by atoms with van der Waals surface area (Å²) in [6.07, 6.45) is 4.82. The van der Waals surface area contributed by atoms with E-state index in [2.05, 4.69) is 108 Å². The highest BCUT2D eigenvalue weighted by Gasteiger charge is 2.14. The lowest BCUT2D eigenvalue weighted by Gasteiger charge is -2.08. The molecule has 0 amide bonds. The number of rotatable bonds is 7. The maximum absolute atomic E-state index is 2.50. The molecule has 0 radical (unpaired) electrons. The second-order valence-corrected chi connectivity index (χ2v) is 9.51. The SMILES string of the molecule is CCCCn1c2ccccc2c2cc(-c3ccc4c(c3)c3ccccc3n4CCCC)ccc21. The van der Waals surface area contributed by atoms with Crippen LogP contribution in [0.2, 0.25) is 0 Å². The molecule has 0 aliphatic carbocycles. The predicted molar refractivity (Wildman–Crippen MR) is 148 cm³/mol. The molecule has 6 aromatic rings. The van der Waals surface area contributed by atoms with Crippen LogP contribution < -0.4 is 0 Å². The van der Waals surface area contributed by atoms with Gasteiger partial charge in [0.1, 0.15) is 0 Å². The van der Waals surface area contributed by atoms with Crippen molar-refractivity contribution in [3.05, 3.63) is 84.9 Å². The van der Waals surface area contributed by atoms with Crippen molar-refractivity contribution in [1.29, 1.82) is 0 Å². The van der Waals surface area contributed by atoms with Gasteiger partial charge < -0.3 is 9.13 Å². The Morgan fingerprint density at radius 1 is 0.471 bits per heavy atom. The average molecular weight is 445 g/mol. The zero-order valence-electron chi connectivity index (χ0n) is 20.2. The normalized spacial score (nSPS) is 11.9. The van der Waals surface area contributed by atoms with E-state index in [4.69, 9.17) is 0 Å². The van der Waals surface area contributed by atoms with Crippen LogP contribution in [0.25, 0.3) is 54.7 Å². The van der Waals surface area contributed by atoms with Crippen LogP contribution in [0.1, 0.15) is 39.5 Å². The van der Waals surface area contributed by atoms with Crippen LogP contribution in [0.15, 0.2) is 84.9 Å². The van der Waals surface area contributed by atoms with Gasteiger partial charge in [-0.2, -0.15) is 0 Å². The molecule has 2 aromatic heterocycles. The van der Waals surface area contributed by atoms with E-state index >= 15 is 0 Å². The fourth-order valence-corrected chi connectivity index (χ4v) is 5.58. The summed E-state index contributed by atoms with van der Waals surface area (Å²) in [7, 11) is 0. The Labute approximate surface area is 201 Å². The summed E-state index contributed by atoms with van der Waals surface area (Å²) in [6.45, 7) is 6.68. The molecule has 0 saturated carbocycles. The number of fused-ring (bicyclic) bond motifs is 6. The van der Waals surface area contributed by atoms with Gasteiger partial charge in [-0.05, 0) is 60.4 Å². The van der Waals surface area contributed by atoms with E-state index in [1.807, 2.05) is 0 Å².